The molecule has 2 aromatic rings. The van der Waals surface area contributed by atoms with E-state index >= 15 is 0 Å². The number of nitrogens with one attached hydrogen (secondary N) is 1. The third-order valence-electron chi connectivity index (χ3n) is 1.70. The van der Waals surface area contributed by atoms with Crippen LogP contribution in [-0.4, -0.2) is 15.4 Å². The molecule has 0 spiro atoms. The molecule has 2 aromatic heterocycles. The number of hydrogen-bond acceptors (Lipinski definition) is 5. The van der Waals surface area contributed by atoms with Crippen molar-refractivity contribution in [1.82, 2.24) is 15.4 Å². The molecule has 0 aliphatic heterocycles. The van der Waals surface area contributed by atoms with E-state index in [1.165, 1.54) is 0 Å². The molecular formula is C9H10N4O. The highest BCUT2D eigenvalue weighted by atomic mass is 16.5. The molecule has 14 heavy (non-hydrogen) atoms. The van der Waals surface area contributed by atoms with Crippen molar-refractivity contribution in [2.24, 2.45) is 0 Å². The standard InChI is InChI=1S/C9H10N4O/c1-7-5-8(13-14-7)6-10-9-3-2-4-11-12-9/h2-5H,6H2,1H3,(H,10,12). The molecule has 5 heteroatoms. The van der Waals surface area contributed by atoms with Crippen LogP contribution in [0.25, 0.3) is 0 Å². The van der Waals surface area contributed by atoms with Gasteiger partial charge in [0.05, 0.1) is 6.54 Å². The number of hydrogen-bond donors (Lipinski definition) is 1. The van der Waals surface area contributed by atoms with Gasteiger partial charge in [-0.2, -0.15) is 5.10 Å². The summed E-state index contributed by atoms with van der Waals surface area (Å²) < 4.78 is 4.93. The molecule has 72 valence electrons. The highest BCUT2D eigenvalue weighted by Gasteiger charge is 1.99. The summed E-state index contributed by atoms with van der Waals surface area (Å²) in [7, 11) is 0. The Morgan fingerprint density at radius 3 is 3.07 bits per heavy atom. The maximum absolute atomic E-state index is 4.93. The molecule has 0 aliphatic carbocycles. The first-order valence-corrected chi connectivity index (χ1v) is 4.28. The SMILES string of the molecule is Cc1cc(CNc2cccnn2)no1. The average molecular weight is 190 g/mol. The van der Waals surface area contributed by atoms with Crippen LogP contribution < -0.4 is 5.32 Å². The van der Waals surface area contributed by atoms with Crippen LogP contribution in [0, 0.1) is 6.92 Å². The van der Waals surface area contributed by atoms with Gasteiger partial charge in [0.1, 0.15) is 17.3 Å². The first kappa shape index (κ1) is 8.68. The minimum Gasteiger partial charge on any atom is -0.363 e. The van der Waals surface area contributed by atoms with Crippen molar-refractivity contribution in [1.29, 1.82) is 0 Å². The number of anilines is 1. The lowest BCUT2D eigenvalue weighted by molar-refractivity contribution is 0.391. The van der Waals surface area contributed by atoms with E-state index < -0.39 is 0 Å². The topological polar surface area (TPSA) is 63.8 Å². The van der Waals surface area contributed by atoms with Crippen molar-refractivity contribution in [2.45, 2.75) is 13.5 Å². The van der Waals surface area contributed by atoms with Gasteiger partial charge in [0.25, 0.3) is 0 Å². The number of rotatable bonds is 3. The van der Waals surface area contributed by atoms with Gasteiger partial charge < -0.3 is 9.84 Å². The summed E-state index contributed by atoms with van der Waals surface area (Å²) in [6, 6.07) is 5.55. The van der Waals surface area contributed by atoms with E-state index in [2.05, 4.69) is 20.7 Å². The van der Waals surface area contributed by atoms with E-state index in [9.17, 15) is 0 Å². The molecule has 0 fully saturated rings. The Morgan fingerprint density at radius 1 is 1.50 bits per heavy atom. The smallest absolute Gasteiger partial charge is 0.148 e. The fourth-order valence-corrected chi connectivity index (χ4v) is 1.08. The van der Waals surface area contributed by atoms with Gasteiger partial charge in [-0.25, -0.2) is 0 Å². The van der Waals surface area contributed by atoms with Gasteiger partial charge in [0.2, 0.25) is 0 Å². The second kappa shape index (κ2) is 3.87. The molecule has 0 saturated carbocycles. The first-order valence-electron chi connectivity index (χ1n) is 4.28. The molecule has 2 heterocycles. The average Bonchev–Trinajstić information content (AvgIpc) is 2.63. The zero-order chi connectivity index (χ0) is 9.80. The third-order valence-corrected chi connectivity index (χ3v) is 1.70. The molecule has 5 nitrogen and oxygen atoms in total. The monoisotopic (exact) mass is 190 g/mol. The summed E-state index contributed by atoms with van der Waals surface area (Å²) >= 11 is 0. The number of aryl methyl sites for hydroxylation is 1. The highest BCUT2D eigenvalue weighted by molar-refractivity contribution is 5.32. The zero-order valence-electron chi connectivity index (χ0n) is 7.77. The van der Waals surface area contributed by atoms with Gasteiger partial charge >= 0.3 is 0 Å². The maximum Gasteiger partial charge on any atom is 0.148 e. The zero-order valence-corrected chi connectivity index (χ0v) is 7.77. The van der Waals surface area contributed by atoms with E-state index in [1.54, 1.807) is 6.20 Å². The van der Waals surface area contributed by atoms with Crippen LogP contribution in [0.5, 0.6) is 0 Å². The van der Waals surface area contributed by atoms with Gasteiger partial charge in [-0.15, -0.1) is 5.10 Å². The summed E-state index contributed by atoms with van der Waals surface area (Å²) in [5, 5.41) is 14.6. The van der Waals surface area contributed by atoms with Crippen LogP contribution in [0.3, 0.4) is 0 Å². The molecule has 0 saturated heterocycles. The second-order valence-electron chi connectivity index (χ2n) is 2.89. The summed E-state index contributed by atoms with van der Waals surface area (Å²) in [4.78, 5) is 0. The van der Waals surface area contributed by atoms with Crippen LogP contribution in [0.4, 0.5) is 5.82 Å². The van der Waals surface area contributed by atoms with Crippen molar-refractivity contribution < 1.29 is 4.52 Å². The minimum absolute atomic E-state index is 0.593. The van der Waals surface area contributed by atoms with E-state index in [1.807, 2.05) is 25.1 Å². The number of nitrogens with zero attached hydrogens (tertiary/aromatic N) is 3. The van der Waals surface area contributed by atoms with Crippen LogP contribution in [0.2, 0.25) is 0 Å². The second-order valence-corrected chi connectivity index (χ2v) is 2.89. The Labute approximate surface area is 81.1 Å². The lowest BCUT2D eigenvalue weighted by atomic mass is 10.4. The van der Waals surface area contributed by atoms with Crippen molar-refractivity contribution >= 4 is 5.82 Å². The predicted molar refractivity (Wildman–Crippen MR) is 50.6 cm³/mol. The summed E-state index contributed by atoms with van der Waals surface area (Å²) in [6.45, 7) is 2.45. The van der Waals surface area contributed by atoms with Crippen LogP contribution in [-0.2, 0) is 6.54 Å². The Hall–Kier alpha value is -1.91. The van der Waals surface area contributed by atoms with Crippen LogP contribution in [0.1, 0.15) is 11.5 Å². The van der Waals surface area contributed by atoms with Crippen molar-refractivity contribution in [2.75, 3.05) is 5.32 Å². The van der Waals surface area contributed by atoms with Gasteiger partial charge in [-0.3, -0.25) is 0 Å². The van der Waals surface area contributed by atoms with Crippen LogP contribution in [0.15, 0.2) is 28.9 Å². The first-order chi connectivity index (χ1) is 6.84. The number of aromatic nitrogens is 3. The Bertz CT molecular complexity index is 398. The minimum atomic E-state index is 0.593. The summed E-state index contributed by atoms with van der Waals surface area (Å²) in [6.07, 6.45) is 1.63. The van der Waals surface area contributed by atoms with Crippen LogP contribution >= 0.6 is 0 Å². The molecule has 0 amide bonds. The Balaban J connectivity index is 1.95. The molecule has 1 N–H and O–H groups in total. The van der Waals surface area contributed by atoms with Crippen molar-refractivity contribution in [3.63, 3.8) is 0 Å². The Kier molecular flexibility index (Phi) is 2.40. The van der Waals surface area contributed by atoms with Gasteiger partial charge in [0, 0.05) is 12.3 Å². The summed E-state index contributed by atoms with van der Waals surface area (Å²) in [5.41, 5.74) is 0.855. The van der Waals surface area contributed by atoms with Gasteiger partial charge in [-0.1, -0.05) is 5.16 Å². The van der Waals surface area contributed by atoms with E-state index in [4.69, 9.17) is 4.52 Å². The molecule has 0 bridgehead atoms. The molecule has 0 unspecified atom stereocenters. The predicted octanol–water partition coefficient (Wildman–Crippen LogP) is 1.39. The van der Waals surface area contributed by atoms with Gasteiger partial charge in [-0.05, 0) is 19.1 Å². The lowest BCUT2D eigenvalue weighted by Crippen LogP contribution is -2.01. The normalized spacial score (nSPS) is 10.1. The fraction of sp³-hybridized carbons (Fsp3) is 0.222. The van der Waals surface area contributed by atoms with Crippen molar-refractivity contribution in [3.8, 4) is 0 Å². The third kappa shape index (κ3) is 2.07. The largest absolute Gasteiger partial charge is 0.363 e. The maximum atomic E-state index is 4.93. The summed E-state index contributed by atoms with van der Waals surface area (Å²) in [5.74, 6) is 1.54. The van der Waals surface area contributed by atoms with E-state index in [0.29, 0.717) is 6.54 Å². The molecular weight excluding hydrogens is 180 g/mol. The fourth-order valence-electron chi connectivity index (χ4n) is 1.08. The van der Waals surface area contributed by atoms with Gasteiger partial charge in [0.15, 0.2) is 0 Å². The van der Waals surface area contributed by atoms with E-state index in [-0.39, 0.29) is 0 Å². The van der Waals surface area contributed by atoms with Crippen molar-refractivity contribution in [3.05, 3.63) is 35.9 Å². The lowest BCUT2D eigenvalue weighted by Gasteiger charge is -1.99. The molecule has 2 rings (SSSR count). The molecule has 0 radical (unpaired) electrons. The molecule has 0 aromatic carbocycles. The Morgan fingerprint density at radius 2 is 2.43 bits per heavy atom. The quantitative estimate of drug-likeness (QED) is 0.792. The highest BCUT2D eigenvalue weighted by Crippen LogP contribution is 2.04. The molecule has 0 aliphatic rings. The van der Waals surface area contributed by atoms with E-state index in [0.717, 1.165) is 17.3 Å². The molecule has 0 atom stereocenters.